The van der Waals surface area contributed by atoms with Crippen molar-refractivity contribution in [3.63, 3.8) is 0 Å². The number of carbonyl (C=O) groups is 1. The largest absolute Gasteiger partial charge is 0.573 e. The lowest BCUT2D eigenvalue weighted by Gasteiger charge is -2.12. The van der Waals surface area contributed by atoms with Gasteiger partial charge >= 0.3 is 6.36 Å². The number of nitrogens with one attached hydrogen (secondary N) is 1. The molecule has 1 fully saturated rings. The second kappa shape index (κ2) is 6.34. The number of aliphatic hydroxyl groups excluding tert-OH is 1. The molecule has 2 rings (SSSR count). The van der Waals surface area contributed by atoms with Gasteiger partial charge in [0.2, 0.25) is 5.91 Å². The van der Waals surface area contributed by atoms with Crippen LogP contribution >= 0.6 is 0 Å². The van der Waals surface area contributed by atoms with Crippen molar-refractivity contribution in [2.24, 2.45) is 5.92 Å². The third-order valence-electron chi connectivity index (χ3n) is 3.17. The molecule has 116 valence electrons. The Morgan fingerprint density at radius 3 is 2.76 bits per heavy atom. The number of rotatable bonds is 6. The standard InChI is InChI=1S/C14H16F3NO3/c15-14(16,17)21-11-3-1-2-9(6-11)7-13(20)18-8-12(19)10-4-5-10/h1-3,6,10,12,19H,4-5,7-8H2,(H,18,20)/t12-/m1/s1. The van der Waals surface area contributed by atoms with Gasteiger partial charge in [-0.1, -0.05) is 12.1 Å². The highest BCUT2D eigenvalue weighted by Gasteiger charge is 2.31. The number of aliphatic hydroxyl groups is 1. The summed E-state index contributed by atoms with van der Waals surface area (Å²) in [6, 6.07) is 5.28. The number of carbonyl (C=O) groups excluding carboxylic acids is 1. The van der Waals surface area contributed by atoms with Crippen LogP contribution in [0.3, 0.4) is 0 Å². The predicted molar refractivity (Wildman–Crippen MR) is 68.6 cm³/mol. The van der Waals surface area contributed by atoms with E-state index in [0.717, 1.165) is 12.8 Å². The van der Waals surface area contributed by atoms with Crippen molar-refractivity contribution in [1.82, 2.24) is 5.32 Å². The Kier molecular flexibility index (Phi) is 4.72. The van der Waals surface area contributed by atoms with Crippen molar-refractivity contribution in [3.8, 4) is 5.75 Å². The van der Waals surface area contributed by atoms with Crippen LogP contribution < -0.4 is 10.1 Å². The second-order valence-corrected chi connectivity index (χ2v) is 5.08. The van der Waals surface area contributed by atoms with Crippen LogP contribution in [0, 0.1) is 5.92 Å². The van der Waals surface area contributed by atoms with Crippen LogP contribution in [-0.4, -0.2) is 30.0 Å². The van der Waals surface area contributed by atoms with Gasteiger partial charge in [-0.25, -0.2) is 0 Å². The summed E-state index contributed by atoms with van der Waals surface area (Å²) in [5.74, 6) is -0.446. The van der Waals surface area contributed by atoms with Crippen LogP contribution in [0.15, 0.2) is 24.3 Å². The van der Waals surface area contributed by atoms with Gasteiger partial charge in [0.25, 0.3) is 0 Å². The van der Waals surface area contributed by atoms with Gasteiger partial charge in [-0.3, -0.25) is 4.79 Å². The first-order chi connectivity index (χ1) is 9.83. The predicted octanol–water partition coefficient (Wildman–Crippen LogP) is 2.01. The van der Waals surface area contributed by atoms with Crippen LogP contribution in [0.2, 0.25) is 0 Å². The average Bonchev–Trinajstić information content (AvgIpc) is 3.18. The Morgan fingerprint density at radius 2 is 2.14 bits per heavy atom. The molecular formula is C14H16F3NO3. The normalized spacial score (nSPS) is 16.4. The first-order valence-electron chi connectivity index (χ1n) is 6.63. The minimum Gasteiger partial charge on any atom is -0.406 e. The molecule has 7 heteroatoms. The highest BCUT2D eigenvalue weighted by atomic mass is 19.4. The lowest BCUT2D eigenvalue weighted by atomic mass is 10.1. The van der Waals surface area contributed by atoms with E-state index >= 15 is 0 Å². The molecule has 1 amide bonds. The number of hydrogen-bond acceptors (Lipinski definition) is 3. The van der Waals surface area contributed by atoms with E-state index in [1.807, 2.05) is 0 Å². The van der Waals surface area contributed by atoms with Gasteiger partial charge in [0, 0.05) is 6.54 Å². The van der Waals surface area contributed by atoms with E-state index in [1.54, 1.807) is 6.07 Å². The van der Waals surface area contributed by atoms with Gasteiger partial charge in [0.1, 0.15) is 5.75 Å². The SMILES string of the molecule is O=C(Cc1cccc(OC(F)(F)F)c1)NC[C@@H](O)C1CC1. The molecule has 1 atom stereocenters. The second-order valence-electron chi connectivity index (χ2n) is 5.08. The molecule has 21 heavy (non-hydrogen) atoms. The van der Waals surface area contributed by atoms with Gasteiger partial charge < -0.3 is 15.2 Å². The Morgan fingerprint density at radius 1 is 1.43 bits per heavy atom. The van der Waals surface area contributed by atoms with Gasteiger partial charge in [0.05, 0.1) is 12.5 Å². The summed E-state index contributed by atoms with van der Waals surface area (Å²) in [6.45, 7) is 0.169. The molecule has 0 radical (unpaired) electrons. The lowest BCUT2D eigenvalue weighted by molar-refractivity contribution is -0.274. The van der Waals surface area contributed by atoms with E-state index in [-0.39, 0.29) is 30.5 Å². The molecule has 4 nitrogen and oxygen atoms in total. The van der Waals surface area contributed by atoms with Crippen molar-refractivity contribution < 1.29 is 27.8 Å². The molecule has 0 saturated heterocycles. The minimum atomic E-state index is -4.75. The van der Waals surface area contributed by atoms with Gasteiger partial charge in [-0.15, -0.1) is 13.2 Å². The zero-order valence-electron chi connectivity index (χ0n) is 11.2. The smallest absolute Gasteiger partial charge is 0.406 e. The van der Waals surface area contributed by atoms with E-state index < -0.39 is 12.5 Å². The average molecular weight is 303 g/mol. The van der Waals surface area contributed by atoms with Gasteiger partial charge in [-0.2, -0.15) is 0 Å². The number of hydrogen-bond donors (Lipinski definition) is 2. The molecule has 0 bridgehead atoms. The molecule has 0 aromatic heterocycles. The van der Waals surface area contributed by atoms with E-state index in [2.05, 4.69) is 10.1 Å². The number of ether oxygens (including phenoxy) is 1. The third kappa shape index (κ3) is 5.63. The number of amides is 1. The van der Waals surface area contributed by atoms with Crippen molar-refractivity contribution in [3.05, 3.63) is 29.8 Å². The monoisotopic (exact) mass is 303 g/mol. The number of alkyl halides is 3. The maximum absolute atomic E-state index is 12.1. The topological polar surface area (TPSA) is 58.6 Å². The Hall–Kier alpha value is -1.76. The summed E-state index contributed by atoms with van der Waals surface area (Å²) in [7, 11) is 0. The van der Waals surface area contributed by atoms with E-state index in [9.17, 15) is 23.1 Å². The summed E-state index contributed by atoms with van der Waals surface area (Å²) >= 11 is 0. The van der Waals surface area contributed by atoms with Crippen molar-refractivity contribution in [2.75, 3.05) is 6.54 Å². The molecule has 1 aromatic carbocycles. The fraction of sp³-hybridized carbons (Fsp3) is 0.500. The van der Waals surface area contributed by atoms with E-state index in [1.165, 1.54) is 18.2 Å². The summed E-state index contributed by atoms with van der Waals surface area (Å²) in [5, 5.41) is 12.2. The third-order valence-corrected chi connectivity index (χ3v) is 3.17. The molecule has 0 spiro atoms. The summed E-state index contributed by atoms with van der Waals surface area (Å²) in [4.78, 5) is 11.7. The van der Waals surface area contributed by atoms with Crippen LogP contribution in [-0.2, 0) is 11.2 Å². The maximum atomic E-state index is 12.1. The van der Waals surface area contributed by atoms with Crippen molar-refractivity contribution >= 4 is 5.91 Å². The van der Waals surface area contributed by atoms with Crippen LogP contribution in [0.4, 0.5) is 13.2 Å². The summed E-state index contributed by atoms with van der Waals surface area (Å²) in [5.41, 5.74) is 0.412. The van der Waals surface area contributed by atoms with Crippen LogP contribution in [0.1, 0.15) is 18.4 Å². The molecule has 1 aromatic rings. The highest BCUT2D eigenvalue weighted by Crippen LogP contribution is 2.32. The Labute approximate surface area is 119 Å². The molecular weight excluding hydrogens is 287 g/mol. The first-order valence-corrected chi connectivity index (χ1v) is 6.63. The van der Waals surface area contributed by atoms with Crippen LogP contribution in [0.5, 0.6) is 5.75 Å². The van der Waals surface area contributed by atoms with E-state index in [4.69, 9.17) is 0 Å². The van der Waals surface area contributed by atoms with Gasteiger partial charge in [0.15, 0.2) is 0 Å². The minimum absolute atomic E-state index is 0.0631. The first kappa shape index (κ1) is 15.6. The van der Waals surface area contributed by atoms with Crippen molar-refractivity contribution in [1.29, 1.82) is 0 Å². The molecule has 1 saturated carbocycles. The fourth-order valence-electron chi connectivity index (χ4n) is 1.97. The maximum Gasteiger partial charge on any atom is 0.573 e. The Balaban J connectivity index is 1.83. The lowest BCUT2D eigenvalue weighted by Crippen LogP contribution is -2.34. The number of halogens is 3. The van der Waals surface area contributed by atoms with Gasteiger partial charge in [-0.05, 0) is 36.5 Å². The molecule has 0 aliphatic heterocycles. The zero-order chi connectivity index (χ0) is 15.5. The quantitative estimate of drug-likeness (QED) is 0.845. The van der Waals surface area contributed by atoms with Crippen molar-refractivity contribution in [2.45, 2.75) is 31.7 Å². The van der Waals surface area contributed by atoms with Crippen LogP contribution in [0.25, 0.3) is 0 Å². The molecule has 1 aliphatic carbocycles. The summed E-state index contributed by atoms with van der Waals surface area (Å²) < 4.78 is 40.1. The summed E-state index contributed by atoms with van der Waals surface area (Å²) in [6.07, 6.45) is -3.43. The van der Waals surface area contributed by atoms with E-state index in [0.29, 0.717) is 5.56 Å². The molecule has 0 unspecified atom stereocenters. The zero-order valence-corrected chi connectivity index (χ0v) is 11.2. The molecule has 1 aliphatic rings. The highest BCUT2D eigenvalue weighted by molar-refractivity contribution is 5.78. The molecule has 2 N–H and O–H groups in total. The Bertz CT molecular complexity index is 500. The number of benzene rings is 1. The molecule has 0 heterocycles. The fourth-order valence-corrected chi connectivity index (χ4v) is 1.97.